The van der Waals surface area contributed by atoms with E-state index in [1.54, 1.807) is 13.8 Å². The lowest BCUT2D eigenvalue weighted by Gasteiger charge is -2.29. The minimum Gasteiger partial charge on any atom is -0.456 e. The van der Waals surface area contributed by atoms with Crippen LogP contribution in [0.2, 0.25) is 0 Å². The summed E-state index contributed by atoms with van der Waals surface area (Å²) in [5.74, 6) is -0.364. The molecule has 0 radical (unpaired) electrons. The number of hydrogen-bond donors (Lipinski definition) is 1. The Morgan fingerprint density at radius 3 is 1.86 bits per heavy atom. The van der Waals surface area contributed by atoms with Crippen molar-refractivity contribution >= 4 is 5.97 Å². The van der Waals surface area contributed by atoms with Crippen LogP contribution in [0.15, 0.2) is 48.5 Å². The van der Waals surface area contributed by atoms with Crippen molar-refractivity contribution < 1.29 is 14.6 Å². The molecule has 4 rings (SSSR count). The van der Waals surface area contributed by atoms with E-state index in [1.807, 2.05) is 48.5 Å². The fraction of sp³-hybridized carbons (Fsp3) is 0.278. The van der Waals surface area contributed by atoms with Crippen LogP contribution in [0.25, 0.3) is 11.1 Å². The third kappa shape index (κ3) is 1.30. The van der Waals surface area contributed by atoms with Crippen LogP contribution >= 0.6 is 0 Å². The first-order chi connectivity index (χ1) is 9.99. The van der Waals surface area contributed by atoms with Crippen LogP contribution in [0.1, 0.15) is 25.0 Å². The van der Waals surface area contributed by atoms with E-state index < -0.39 is 17.1 Å². The molecule has 3 nitrogen and oxygen atoms in total. The first kappa shape index (κ1) is 12.6. The maximum absolute atomic E-state index is 12.8. The topological polar surface area (TPSA) is 46.5 Å². The summed E-state index contributed by atoms with van der Waals surface area (Å²) < 4.78 is 5.52. The second kappa shape index (κ2) is 3.74. The number of cyclic esters (lactones) is 1. The molecule has 0 saturated carbocycles. The number of fused-ring (bicyclic) bond motifs is 5. The van der Waals surface area contributed by atoms with E-state index in [-0.39, 0.29) is 5.97 Å². The Labute approximate surface area is 123 Å². The number of benzene rings is 2. The van der Waals surface area contributed by atoms with Crippen molar-refractivity contribution in [3.8, 4) is 11.1 Å². The predicted octanol–water partition coefficient (Wildman–Crippen LogP) is 2.65. The number of rotatable bonds is 0. The van der Waals surface area contributed by atoms with E-state index in [0.29, 0.717) is 0 Å². The normalized spacial score (nSPS) is 23.8. The van der Waals surface area contributed by atoms with Gasteiger partial charge in [0.1, 0.15) is 17.1 Å². The van der Waals surface area contributed by atoms with Crippen molar-refractivity contribution in [2.45, 2.75) is 31.0 Å². The summed E-state index contributed by atoms with van der Waals surface area (Å²) in [5.41, 5.74) is 1.69. The van der Waals surface area contributed by atoms with Crippen molar-refractivity contribution in [1.82, 2.24) is 0 Å². The quantitative estimate of drug-likeness (QED) is 0.755. The molecule has 2 aromatic carbocycles. The number of aliphatic hydroxyl groups excluding tert-OH is 1. The molecule has 1 unspecified atom stereocenters. The van der Waals surface area contributed by atoms with Gasteiger partial charge in [0.05, 0.1) is 0 Å². The molecule has 1 aliphatic heterocycles. The number of hydrogen-bond acceptors (Lipinski definition) is 3. The van der Waals surface area contributed by atoms with E-state index in [9.17, 15) is 9.90 Å². The molecule has 106 valence electrons. The van der Waals surface area contributed by atoms with Gasteiger partial charge in [-0.05, 0) is 36.1 Å². The molecule has 1 aliphatic carbocycles. The van der Waals surface area contributed by atoms with E-state index in [4.69, 9.17) is 4.74 Å². The molecule has 3 heteroatoms. The number of ether oxygens (including phenoxy) is 1. The zero-order valence-electron chi connectivity index (χ0n) is 12.0. The number of carbonyl (C=O) groups excluding carboxylic acids is 1. The summed E-state index contributed by atoms with van der Waals surface area (Å²) in [5, 5.41) is 10.9. The van der Waals surface area contributed by atoms with Crippen LogP contribution in [-0.2, 0) is 14.9 Å². The van der Waals surface area contributed by atoms with Crippen LogP contribution in [0, 0.1) is 0 Å². The lowest BCUT2D eigenvalue weighted by Crippen LogP contribution is -2.46. The Morgan fingerprint density at radius 1 is 0.952 bits per heavy atom. The lowest BCUT2D eigenvalue weighted by atomic mass is 9.71. The number of aliphatic hydroxyl groups is 1. The molecule has 1 saturated heterocycles. The fourth-order valence-electron chi connectivity index (χ4n) is 3.79. The van der Waals surface area contributed by atoms with Gasteiger partial charge in [0.25, 0.3) is 0 Å². The monoisotopic (exact) mass is 280 g/mol. The molecule has 1 atom stereocenters. The van der Waals surface area contributed by atoms with Crippen LogP contribution in [-0.4, -0.2) is 22.8 Å². The van der Waals surface area contributed by atoms with E-state index in [1.165, 1.54) is 0 Å². The molecule has 21 heavy (non-hydrogen) atoms. The van der Waals surface area contributed by atoms with Crippen molar-refractivity contribution in [2.24, 2.45) is 0 Å². The van der Waals surface area contributed by atoms with Gasteiger partial charge >= 0.3 is 5.97 Å². The molecular weight excluding hydrogens is 264 g/mol. The zero-order chi connectivity index (χ0) is 14.8. The number of carbonyl (C=O) groups is 1. The summed E-state index contributed by atoms with van der Waals surface area (Å²) in [7, 11) is 0. The van der Waals surface area contributed by atoms with Crippen molar-refractivity contribution in [2.75, 3.05) is 0 Å². The Hall–Kier alpha value is -2.13. The molecule has 0 aromatic heterocycles. The lowest BCUT2D eigenvalue weighted by molar-refractivity contribution is -0.149. The molecular formula is C18H16O3. The van der Waals surface area contributed by atoms with Crippen LogP contribution in [0.4, 0.5) is 0 Å². The highest BCUT2D eigenvalue weighted by Crippen LogP contribution is 2.56. The maximum atomic E-state index is 12.8. The Kier molecular flexibility index (Phi) is 2.24. The van der Waals surface area contributed by atoms with E-state index in [2.05, 4.69) is 0 Å². The van der Waals surface area contributed by atoms with E-state index >= 15 is 0 Å². The fourth-order valence-corrected chi connectivity index (χ4v) is 3.79. The van der Waals surface area contributed by atoms with Crippen LogP contribution < -0.4 is 0 Å². The van der Waals surface area contributed by atoms with Gasteiger partial charge < -0.3 is 9.84 Å². The van der Waals surface area contributed by atoms with Gasteiger partial charge in [-0.3, -0.25) is 4.79 Å². The molecule has 1 fully saturated rings. The highest BCUT2D eigenvalue weighted by molar-refractivity contribution is 6.00. The van der Waals surface area contributed by atoms with Gasteiger partial charge in [-0.2, -0.15) is 0 Å². The highest BCUT2D eigenvalue weighted by atomic mass is 16.6. The molecule has 1 heterocycles. The largest absolute Gasteiger partial charge is 0.456 e. The summed E-state index contributed by atoms with van der Waals surface area (Å²) in [6.07, 6.45) is -0.915. The second-order valence-electron chi connectivity index (χ2n) is 6.29. The first-order valence-electron chi connectivity index (χ1n) is 7.10. The second-order valence-corrected chi connectivity index (χ2v) is 6.29. The summed E-state index contributed by atoms with van der Waals surface area (Å²) in [6.45, 7) is 3.52. The van der Waals surface area contributed by atoms with Crippen molar-refractivity contribution in [1.29, 1.82) is 0 Å². The SMILES string of the molecule is CC1(C)OC(=O)C2(c3ccccc3-c3ccccc32)C1O. The molecule has 0 bridgehead atoms. The Bertz CT molecular complexity index is 715. The first-order valence-corrected chi connectivity index (χ1v) is 7.10. The summed E-state index contributed by atoms with van der Waals surface area (Å²) in [6, 6.07) is 15.5. The third-order valence-corrected chi connectivity index (χ3v) is 4.74. The maximum Gasteiger partial charge on any atom is 0.324 e. The van der Waals surface area contributed by atoms with Crippen LogP contribution in [0.3, 0.4) is 0 Å². The average Bonchev–Trinajstić information content (AvgIpc) is 2.86. The molecule has 1 N–H and O–H groups in total. The zero-order valence-corrected chi connectivity index (χ0v) is 12.0. The van der Waals surface area contributed by atoms with Gasteiger partial charge in [0.2, 0.25) is 0 Å². The molecule has 2 aliphatic rings. The predicted molar refractivity (Wildman–Crippen MR) is 78.8 cm³/mol. The van der Waals surface area contributed by atoms with Crippen LogP contribution in [0.5, 0.6) is 0 Å². The Morgan fingerprint density at radius 2 is 1.43 bits per heavy atom. The number of esters is 1. The molecule has 0 amide bonds. The highest BCUT2D eigenvalue weighted by Gasteiger charge is 2.65. The van der Waals surface area contributed by atoms with E-state index in [0.717, 1.165) is 22.3 Å². The van der Waals surface area contributed by atoms with Crippen molar-refractivity contribution in [3.05, 3.63) is 59.7 Å². The van der Waals surface area contributed by atoms with Gasteiger partial charge in [-0.15, -0.1) is 0 Å². The Balaban J connectivity index is 2.13. The summed E-state index contributed by atoms with van der Waals surface area (Å²) >= 11 is 0. The van der Waals surface area contributed by atoms with Gasteiger partial charge in [-0.1, -0.05) is 48.5 Å². The average molecular weight is 280 g/mol. The summed E-state index contributed by atoms with van der Waals surface area (Å²) in [4.78, 5) is 12.8. The third-order valence-electron chi connectivity index (χ3n) is 4.74. The minimum absolute atomic E-state index is 0.364. The van der Waals surface area contributed by atoms with Gasteiger partial charge in [-0.25, -0.2) is 0 Å². The van der Waals surface area contributed by atoms with Gasteiger partial charge in [0.15, 0.2) is 0 Å². The standard InChI is InChI=1S/C18H16O3/c1-17(2)15(19)18(16(20)21-17)13-9-5-3-7-11(13)12-8-4-6-10-14(12)18/h3-10,15,19H,1-2H3. The smallest absolute Gasteiger partial charge is 0.324 e. The van der Waals surface area contributed by atoms with Gasteiger partial charge in [0, 0.05) is 0 Å². The van der Waals surface area contributed by atoms with Crippen molar-refractivity contribution in [3.63, 3.8) is 0 Å². The minimum atomic E-state index is -1.10. The molecule has 2 aromatic rings. The molecule has 1 spiro atoms.